The number of pyridine rings is 1. The molecule has 5 nitrogen and oxygen atoms in total. The molecule has 0 saturated carbocycles. The van der Waals surface area contributed by atoms with Crippen molar-refractivity contribution in [3.05, 3.63) is 59.8 Å². The van der Waals surface area contributed by atoms with E-state index in [0.29, 0.717) is 18.3 Å². The second kappa shape index (κ2) is 7.46. The van der Waals surface area contributed by atoms with Gasteiger partial charge in [0, 0.05) is 37.7 Å². The van der Waals surface area contributed by atoms with Crippen LogP contribution in [-0.2, 0) is 16.0 Å². The molecule has 2 saturated heterocycles. The Kier molecular flexibility index (Phi) is 4.89. The minimum atomic E-state index is 0.174. The Morgan fingerprint density at radius 3 is 2.85 bits per heavy atom. The van der Waals surface area contributed by atoms with Crippen molar-refractivity contribution in [1.29, 1.82) is 0 Å². The number of likely N-dealkylation sites (tertiary alicyclic amines) is 1. The fraction of sp³-hybridized carbons (Fsp3) is 0.429. The van der Waals surface area contributed by atoms with Crippen molar-refractivity contribution in [2.75, 3.05) is 31.6 Å². The summed E-state index contributed by atoms with van der Waals surface area (Å²) in [5.74, 6) is 1.91. The van der Waals surface area contributed by atoms with E-state index in [1.54, 1.807) is 6.20 Å². The minimum Gasteiger partial charge on any atom is -0.376 e. The predicted molar refractivity (Wildman–Crippen MR) is 101 cm³/mol. The summed E-state index contributed by atoms with van der Waals surface area (Å²) in [5, 5.41) is 3.39. The molecule has 0 unspecified atom stereocenters. The summed E-state index contributed by atoms with van der Waals surface area (Å²) in [5.41, 5.74) is 2.29. The monoisotopic (exact) mass is 351 g/mol. The predicted octanol–water partition coefficient (Wildman–Crippen LogP) is 2.52. The van der Waals surface area contributed by atoms with E-state index in [-0.39, 0.29) is 12.0 Å². The molecule has 5 heteroatoms. The molecule has 1 aromatic heterocycles. The number of carbonyl (C=O) groups is 1. The number of anilines is 1. The SMILES string of the molecule is Cc1ccc(CC(=O)N2C[C@H]3[C@H](CNc4ccccn4)CO[C@H]3C2)cc1. The van der Waals surface area contributed by atoms with Crippen LogP contribution in [0.15, 0.2) is 48.7 Å². The van der Waals surface area contributed by atoms with Crippen molar-refractivity contribution in [3.63, 3.8) is 0 Å². The fourth-order valence-corrected chi connectivity index (χ4v) is 3.91. The zero-order chi connectivity index (χ0) is 17.9. The van der Waals surface area contributed by atoms with Crippen LogP contribution >= 0.6 is 0 Å². The lowest BCUT2D eigenvalue weighted by Gasteiger charge is -2.20. The van der Waals surface area contributed by atoms with Gasteiger partial charge < -0.3 is 15.0 Å². The smallest absolute Gasteiger partial charge is 0.227 e. The summed E-state index contributed by atoms with van der Waals surface area (Å²) in [6.45, 7) is 5.16. The number of aryl methyl sites for hydroxylation is 1. The molecular weight excluding hydrogens is 326 g/mol. The van der Waals surface area contributed by atoms with Gasteiger partial charge in [-0.25, -0.2) is 4.98 Å². The Hall–Kier alpha value is -2.40. The first kappa shape index (κ1) is 17.0. The molecule has 136 valence electrons. The van der Waals surface area contributed by atoms with Gasteiger partial charge >= 0.3 is 0 Å². The molecule has 2 aliphatic heterocycles. The van der Waals surface area contributed by atoms with Crippen LogP contribution in [0.2, 0.25) is 0 Å². The van der Waals surface area contributed by atoms with Crippen LogP contribution in [0.1, 0.15) is 11.1 Å². The van der Waals surface area contributed by atoms with Crippen molar-refractivity contribution >= 4 is 11.7 Å². The number of nitrogens with zero attached hydrogens (tertiary/aromatic N) is 2. The molecule has 0 spiro atoms. The third-order valence-corrected chi connectivity index (χ3v) is 5.48. The maximum absolute atomic E-state index is 12.7. The minimum absolute atomic E-state index is 0.174. The molecule has 1 N–H and O–H groups in total. The maximum atomic E-state index is 12.7. The molecular formula is C21H25N3O2. The summed E-state index contributed by atoms with van der Waals surface area (Å²) < 4.78 is 5.97. The zero-order valence-corrected chi connectivity index (χ0v) is 15.1. The highest BCUT2D eigenvalue weighted by Crippen LogP contribution is 2.34. The third kappa shape index (κ3) is 3.73. The van der Waals surface area contributed by atoms with Gasteiger partial charge in [-0.05, 0) is 24.6 Å². The topological polar surface area (TPSA) is 54.5 Å². The van der Waals surface area contributed by atoms with Gasteiger partial charge in [0.15, 0.2) is 0 Å². The van der Waals surface area contributed by atoms with Gasteiger partial charge in [-0.3, -0.25) is 4.79 Å². The van der Waals surface area contributed by atoms with Crippen LogP contribution in [-0.4, -0.2) is 48.1 Å². The van der Waals surface area contributed by atoms with Crippen LogP contribution in [0, 0.1) is 18.8 Å². The summed E-state index contributed by atoms with van der Waals surface area (Å²) in [6.07, 6.45) is 2.43. The molecule has 3 atom stereocenters. The first-order valence-corrected chi connectivity index (χ1v) is 9.29. The molecule has 26 heavy (non-hydrogen) atoms. The van der Waals surface area contributed by atoms with E-state index < -0.39 is 0 Å². The van der Waals surface area contributed by atoms with Gasteiger partial charge in [0.2, 0.25) is 5.91 Å². The van der Waals surface area contributed by atoms with Crippen molar-refractivity contribution in [2.45, 2.75) is 19.4 Å². The van der Waals surface area contributed by atoms with E-state index in [1.807, 2.05) is 35.2 Å². The Bertz CT molecular complexity index is 748. The number of benzene rings is 1. The molecule has 2 aliphatic rings. The fourth-order valence-electron chi connectivity index (χ4n) is 3.91. The van der Waals surface area contributed by atoms with E-state index in [1.165, 1.54) is 5.56 Å². The van der Waals surface area contributed by atoms with Crippen LogP contribution in [0.25, 0.3) is 0 Å². The average Bonchev–Trinajstić information content (AvgIpc) is 3.24. The van der Waals surface area contributed by atoms with Gasteiger partial charge in [0.05, 0.1) is 19.1 Å². The number of hydrogen-bond acceptors (Lipinski definition) is 4. The van der Waals surface area contributed by atoms with Gasteiger partial charge in [-0.15, -0.1) is 0 Å². The summed E-state index contributed by atoms with van der Waals surface area (Å²) >= 11 is 0. The van der Waals surface area contributed by atoms with Gasteiger partial charge in [-0.1, -0.05) is 35.9 Å². The summed E-state index contributed by atoms with van der Waals surface area (Å²) in [4.78, 5) is 18.9. The Labute approximate surface area is 154 Å². The molecule has 3 heterocycles. The largest absolute Gasteiger partial charge is 0.376 e. The number of amides is 1. The van der Waals surface area contributed by atoms with E-state index in [2.05, 4.69) is 29.4 Å². The number of fused-ring (bicyclic) bond motifs is 1. The molecule has 2 aromatic rings. The van der Waals surface area contributed by atoms with Crippen molar-refractivity contribution in [2.24, 2.45) is 11.8 Å². The molecule has 2 fully saturated rings. The first-order valence-electron chi connectivity index (χ1n) is 9.29. The standard InChI is InChI=1S/C21H25N3O2/c1-15-5-7-16(8-6-15)10-21(25)24-12-18-17(14-26-19(18)13-24)11-23-20-4-2-3-9-22-20/h2-9,17-19H,10-14H2,1H3,(H,22,23)/t17-,18+,19+/m1/s1. The first-order chi connectivity index (χ1) is 12.7. The number of carbonyl (C=O) groups excluding carboxylic acids is 1. The second-order valence-electron chi connectivity index (χ2n) is 7.35. The highest BCUT2D eigenvalue weighted by atomic mass is 16.5. The summed E-state index contributed by atoms with van der Waals surface area (Å²) in [7, 11) is 0. The van der Waals surface area contributed by atoms with Crippen LogP contribution in [0.3, 0.4) is 0 Å². The third-order valence-electron chi connectivity index (χ3n) is 5.48. The number of hydrogen-bond donors (Lipinski definition) is 1. The Morgan fingerprint density at radius 2 is 2.08 bits per heavy atom. The molecule has 0 aliphatic carbocycles. The van der Waals surface area contributed by atoms with E-state index in [0.717, 1.165) is 37.6 Å². The lowest BCUT2D eigenvalue weighted by Crippen LogP contribution is -2.33. The average molecular weight is 351 g/mol. The van der Waals surface area contributed by atoms with E-state index in [4.69, 9.17) is 4.74 Å². The molecule has 0 bridgehead atoms. The highest BCUT2D eigenvalue weighted by molar-refractivity contribution is 5.79. The van der Waals surface area contributed by atoms with Crippen LogP contribution in [0.4, 0.5) is 5.82 Å². The van der Waals surface area contributed by atoms with Crippen molar-refractivity contribution in [1.82, 2.24) is 9.88 Å². The van der Waals surface area contributed by atoms with Gasteiger partial charge in [0.25, 0.3) is 0 Å². The number of aromatic nitrogens is 1. The molecule has 1 amide bonds. The lowest BCUT2D eigenvalue weighted by molar-refractivity contribution is -0.130. The second-order valence-corrected chi connectivity index (χ2v) is 7.35. The molecule has 1 aromatic carbocycles. The maximum Gasteiger partial charge on any atom is 0.227 e. The number of ether oxygens (including phenoxy) is 1. The lowest BCUT2D eigenvalue weighted by atomic mass is 9.93. The van der Waals surface area contributed by atoms with Crippen molar-refractivity contribution < 1.29 is 9.53 Å². The van der Waals surface area contributed by atoms with Gasteiger partial charge in [-0.2, -0.15) is 0 Å². The normalized spacial score (nSPS) is 24.5. The Balaban J connectivity index is 1.32. The molecule has 4 rings (SSSR count). The number of rotatable bonds is 5. The molecule has 0 radical (unpaired) electrons. The quantitative estimate of drug-likeness (QED) is 0.899. The zero-order valence-electron chi connectivity index (χ0n) is 15.1. The van der Waals surface area contributed by atoms with Crippen molar-refractivity contribution in [3.8, 4) is 0 Å². The highest BCUT2D eigenvalue weighted by Gasteiger charge is 2.44. The van der Waals surface area contributed by atoms with Crippen LogP contribution in [0.5, 0.6) is 0 Å². The Morgan fingerprint density at radius 1 is 1.23 bits per heavy atom. The summed E-state index contributed by atoms with van der Waals surface area (Å²) in [6, 6.07) is 14.1. The van der Waals surface area contributed by atoms with E-state index in [9.17, 15) is 4.79 Å². The van der Waals surface area contributed by atoms with E-state index >= 15 is 0 Å². The van der Waals surface area contributed by atoms with Crippen LogP contribution < -0.4 is 5.32 Å². The number of nitrogens with one attached hydrogen (secondary N) is 1. The van der Waals surface area contributed by atoms with Gasteiger partial charge in [0.1, 0.15) is 5.82 Å².